The van der Waals surface area contributed by atoms with Gasteiger partial charge in [0.25, 0.3) is 11.8 Å². The minimum atomic E-state index is -0.735. The van der Waals surface area contributed by atoms with E-state index >= 15 is 0 Å². The Bertz CT molecular complexity index is 1340. The first-order chi connectivity index (χ1) is 16.9. The van der Waals surface area contributed by atoms with Crippen LogP contribution < -0.4 is 19.7 Å². The largest absolute Gasteiger partial charge is 0.490 e. The molecule has 9 heteroatoms. The summed E-state index contributed by atoms with van der Waals surface area (Å²) >= 11 is 11.3. The second-order valence-electron chi connectivity index (χ2n) is 7.43. The van der Waals surface area contributed by atoms with E-state index in [0.29, 0.717) is 28.7 Å². The summed E-state index contributed by atoms with van der Waals surface area (Å²) in [5, 5.41) is 2.84. The van der Waals surface area contributed by atoms with Crippen molar-refractivity contribution in [3.05, 3.63) is 94.3 Å². The SMILES string of the molecule is CCOc1cc(/C=C2\C(=O)NC(=S)N(c3ccccc3F)C2=O)ccc1OCc1ccccc1Cl. The van der Waals surface area contributed by atoms with Crippen molar-refractivity contribution < 1.29 is 23.5 Å². The number of hydrogen-bond acceptors (Lipinski definition) is 5. The lowest BCUT2D eigenvalue weighted by molar-refractivity contribution is -0.122. The zero-order valence-corrected chi connectivity index (χ0v) is 20.2. The number of carbonyl (C=O) groups excluding carboxylic acids is 2. The monoisotopic (exact) mass is 510 g/mol. The van der Waals surface area contributed by atoms with Crippen LogP contribution in [0.2, 0.25) is 5.02 Å². The highest BCUT2D eigenvalue weighted by molar-refractivity contribution is 7.80. The molecule has 1 N–H and O–H groups in total. The molecule has 1 saturated heterocycles. The van der Waals surface area contributed by atoms with E-state index in [2.05, 4.69) is 5.32 Å². The van der Waals surface area contributed by atoms with Gasteiger partial charge in [0.05, 0.1) is 12.3 Å². The van der Waals surface area contributed by atoms with Crippen molar-refractivity contribution in [2.24, 2.45) is 0 Å². The molecular weight excluding hydrogens is 491 g/mol. The van der Waals surface area contributed by atoms with E-state index < -0.39 is 17.6 Å². The molecule has 1 heterocycles. The van der Waals surface area contributed by atoms with Gasteiger partial charge >= 0.3 is 0 Å². The lowest BCUT2D eigenvalue weighted by atomic mass is 10.1. The predicted octanol–water partition coefficient (Wildman–Crippen LogP) is 5.29. The van der Waals surface area contributed by atoms with Crippen LogP contribution in [0, 0.1) is 5.82 Å². The minimum absolute atomic E-state index is 0.0493. The van der Waals surface area contributed by atoms with Gasteiger partial charge in [-0.1, -0.05) is 48.0 Å². The molecule has 3 aromatic rings. The average Bonchev–Trinajstić information content (AvgIpc) is 2.83. The van der Waals surface area contributed by atoms with Crippen LogP contribution in [0.5, 0.6) is 11.5 Å². The van der Waals surface area contributed by atoms with Gasteiger partial charge in [0.2, 0.25) is 0 Å². The van der Waals surface area contributed by atoms with Crippen LogP contribution in [0.3, 0.4) is 0 Å². The number of benzene rings is 3. The average molecular weight is 511 g/mol. The number of nitrogens with zero attached hydrogens (tertiary/aromatic N) is 1. The summed E-state index contributed by atoms with van der Waals surface area (Å²) in [6.45, 7) is 2.43. The van der Waals surface area contributed by atoms with Gasteiger partial charge in [0.1, 0.15) is 18.0 Å². The zero-order chi connectivity index (χ0) is 24.9. The molecule has 0 aliphatic carbocycles. The molecule has 0 aromatic heterocycles. The Labute approximate surface area is 211 Å². The molecule has 178 valence electrons. The fourth-order valence-electron chi connectivity index (χ4n) is 3.45. The topological polar surface area (TPSA) is 67.9 Å². The molecule has 35 heavy (non-hydrogen) atoms. The van der Waals surface area contributed by atoms with E-state index in [-0.39, 0.29) is 23.0 Å². The highest BCUT2D eigenvalue weighted by Crippen LogP contribution is 2.32. The van der Waals surface area contributed by atoms with Gasteiger partial charge < -0.3 is 9.47 Å². The molecule has 0 atom stereocenters. The highest BCUT2D eigenvalue weighted by atomic mass is 35.5. The first kappa shape index (κ1) is 24.4. The fraction of sp³-hybridized carbons (Fsp3) is 0.115. The lowest BCUT2D eigenvalue weighted by Crippen LogP contribution is -2.54. The molecule has 0 unspecified atom stereocenters. The van der Waals surface area contributed by atoms with Gasteiger partial charge in [0, 0.05) is 10.6 Å². The standard InChI is InChI=1S/C26H20ClFN2O4S/c1-2-33-23-14-16(11-12-22(23)34-15-17-7-3-4-8-19(17)27)13-18-24(31)29-26(35)30(25(18)32)21-10-6-5-9-20(21)28/h3-14H,2,15H2,1H3,(H,29,31,35)/b18-13+. The Morgan fingerprint density at radius 2 is 1.77 bits per heavy atom. The third-order valence-corrected chi connectivity index (χ3v) is 5.77. The van der Waals surface area contributed by atoms with Crippen molar-refractivity contribution in [2.45, 2.75) is 13.5 Å². The van der Waals surface area contributed by atoms with Crippen LogP contribution in [0.15, 0.2) is 72.3 Å². The van der Waals surface area contributed by atoms with Crippen LogP contribution in [0.4, 0.5) is 10.1 Å². The number of anilines is 1. The number of halogens is 2. The van der Waals surface area contributed by atoms with Gasteiger partial charge in [0.15, 0.2) is 16.6 Å². The first-order valence-electron chi connectivity index (χ1n) is 10.7. The number of carbonyl (C=O) groups is 2. The zero-order valence-electron chi connectivity index (χ0n) is 18.6. The molecule has 2 amide bonds. The summed E-state index contributed by atoms with van der Waals surface area (Å²) in [7, 11) is 0. The Hall–Kier alpha value is -3.75. The van der Waals surface area contributed by atoms with Crippen molar-refractivity contribution >= 4 is 52.5 Å². The van der Waals surface area contributed by atoms with Gasteiger partial charge in [-0.3, -0.25) is 14.9 Å². The molecule has 0 spiro atoms. The Morgan fingerprint density at radius 1 is 1.03 bits per heavy atom. The van der Waals surface area contributed by atoms with Crippen LogP contribution in [-0.4, -0.2) is 23.5 Å². The number of hydrogen-bond donors (Lipinski definition) is 1. The smallest absolute Gasteiger partial charge is 0.270 e. The van der Waals surface area contributed by atoms with Gasteiger partial charge in [-0.25, -0.2) is 9.29 Å². The number of amides is 2. The summed E-state index contributed by atoms with van der Waals surface area (Å²) in [5.74, 6) is -1.15. The number of ether oxygens (including phenoxy) is 2. The van der Waals surface area contributed by atoms with Crippen molar-refractivity contribution in [1.82, 2.24) is 5.32 Å². The molecule has 6 nitrogen and oxygen atoms in total. The summed E-state index contributed by atoms with van der Waals surface area (Å²) < 4.78 is 26.0. The van der Waals surface area contributed by atoms with E-state index in [1.165, 1.54) is 24.3 Å². The van der Waals surface area contributed by atoms with Crippen LogP contribution in [0.1, 0.15) is 18.1 Å². The highest BCUT2D eigenvalue weighted by Gasteiger charge is 2.35. The van der Waals surface area contributed by atoms with Gasteiger partial charge in [-0.2, -0.15) is 0 Å². The van der Waals surface area contributed by atoms with Crippen LogP contribution in [-0.2, 0) is 16.2 Å². The van der Waals surface area contributed by atoms with Crippen molar-refractivity contribution in [3.8, 4) is 11.5 Å². The normalized spacial score (nSPS) is 14.8. The molecule has 0 saturated carbocycles. The third-order valence-electron chi connectivity index (χ3n) is 5.11. The van der Waals surface area contributed by atoms with E-state index in [4.69, 9.17) is 33.3 Å². The van der Waals surface area contributed by atoms with Gasteiger partial charge in [-0.05, 0) is 61.1 Å². The van der Waals surface area contributed by atoms with E-state index in [9.17, 15) is 14.0 Å². The molecule has 1 fully saturated rings. The molecule has 1 aliphatic heterocycles. The maximum Gasteiger partial charge on any atom is 0.270 e. The molecule has 0 bridgehead atoms. The Morgan fingerprint density at radius 3 is 2.51 bits per heavy atom. The molecular formula is C26H20ClFN2O4S. The summed E-state index contributed by atoms with van der Waals surface area (Å²) in [6, 6.07) is 18.0. The summed E-state index contributed by atoms with van der Waals surface area (Å²) in [5.41, 5.74) is 1.08. The maximum atomic E-state index is 14.3. The summed E-state index contributed by atoms with van der Waals surface area (Å²) in [4.78, 5) is 26.7. The van der Waals surface area contributed by atoms with Crippen molar-refractivity contribution in [1.29, 1.82) is 0 Å². The lowest BCUT2D eigenvalue weighted by Gasteiger charge is -2.29. The van der Waals surface area contributed by atoms with Crippen molar-refractivity contribution in [3.63, 3.8) is 0 Å². The molecule has 1 aliphatic rings. The van der Waals surface area contributed by atoms with Crippen LogP contribution in [0.25, 0.3) is 6.08 Å². The molecule has 4 rings (SSSR count). The van der Waals surface area contributed by atoms with Crippen LogP contribution >= 0.6 is 23.8 Å². The predicted molar refractivity (Wildman–Crippen MR) is 136 cm³/mol. The minimum Gasteiger partial charge on any atom is -0.490 e. The van der Waals surface area contributed by atoms with Gasteiger partial charge in [-0.15, -0.1) is 0 Å². The Balaban J connectivity index is 1.63. The van der Waals surface area contributed by atoms with E-state index in [0.717, 1.165) is 10.5 Å². The second kappa shape index (κ2) is 10.7. The number of para-hydroxylation sites is 1. The van der Waals surface area contributed by atoms with E-state index in [1.807, 2.05) is 25.1 Å². The maximum absolute atomic E-state index is 14.3. The summed E-state index contributed by atoms with van der Waals surface area (Å²) in [6.07, 6.45) is 1.40. The first-order valence-corrected chi connectivity index (χ1v) is 11.5. The number of rotatable bonds is 7. The fourth-order valence-corrected chi connectivity index (χ4v) is 3.91. The number of thiocarbonyl (C=S) groups is 1. The third kappa shape index (κ3) is 5.34. The molecule has 3 aromatic carbocycles. The second-order valence-corrected chi connectivity index (χ2v) is 8.22. The van der Waals surface area contributed by atoms with E-state index in [1.54, 1.807) is 30.3 Å². The quantitative estimate of drug-likeness (QED) is 0.266. The molecule has 0 radical (unpaired) electrons. The Kier molecular flexibility index (Phi) is 7.43. The number of nitrogens with one attached hydrogen (secondary N) is 1. The van der Waals surface area contributed by atoms with Crippen molar-refractivity contribution in [2.75, 3.05) is 11.5 Å².